The van der Waals surface area contributed by atoms with Gasteiger partial charge in [-0.3, -0.25) is 4.79 Å². The molecule has 2 nitrogen and oxygen atoms in total. The molecule has 0 radical (unpaired) electrons. The van der Waals surface area contributed by atoms with Gasteiger partial charge in [0.1, 0.15) is 11.7 Å². The first-order valence-corrected chi connectivity index (χ1v) is 6.22. The predicted molar refractivity (Wildman–Crippen MR) is 57.5 cm³/mol. The van der Waals surface area contributed by atoms with Gasteiger partial charge in [0.25, 0.3) is 0 Å². The van der Waals surface area contributed by atoms with E-state index in [0.717, 1.165) is 25.2 Å². The van der Waals surface area contributed by atoms with Gasteiger partial charge in [-0.05, 0) is 31.1 Å². The zero-order valence-corrected chi connectivity index (χ0v) is 9.88. The van der Waals surface area contributed by atoms with E-state index in [4.69, 9.17) is 4.74 Å². The summed E-state index contributed by atoms with van der Waals surface area (Å²) in [6.45, 7) is 7.04. The van der Waals surface area contributed by atoms with Crippen LogP contribution in [0.5, 0.6) is 0 Å². The molecule has 1 saturated heterocycles. The first kappa shape index (κ1) is 9.83. The predicted octanol–water partition coefficient (Wildman–Crippen LogP) is 2.56. The van der Waals surface area contributed by atoms with Crippen molar-refractivity contribution in [1.29, 1.82) is 0 Å². The molecule has 2 heteroatoms. The molecule has 15 heavy (non-hydrogen) atoms. The fourth-order valence-corrected chi connectivity index (χ4v) is 4.07. The lowest BCUT2D eigenvalue weighted by Crippen LogP contribution is -2.52. The van der Waals surface area contributed by atoms with Gasteiger partial charge in [0.15, 0.2) is 5.78 Å². The van der Waals surface area contributed by atoms with Crippen molar-refractivity contribution in [2.45, 2.75) is 58.2 Å². The average Bonchev–Trinajstić information content (AvgIpc) is 2.95. The summed E-state index contributed by atoms with van der Waals surface area (Å²) in [5, 5.41) is 0. The summed E-state index contributed by atoms with van der Waals surface area (Å²) in [4.78, 5) is 11.7. The van der Waals surface area contributed by atoms with Gasteiger partial charge < -0.3 is 4.74 Å². The van der Waals surface area contributed by atoms with Crippen molar-refractivity contribution in [1.82, 2.24) is 0 Å². The summed E-state index contributed by atoms with van der Waals surface area (Å²) < 4.78 is 5.85. The van der Waals surface area contributed by atoms with E-state index in [1.165, 1.54) is 6.42 Å². The molecule has 0 bridgehead atoms. The molecule has 0 amide bonds. The van der Waals surface area contributed by atoms with Crippen molar-refractivity contribution in [3.05, 3.63) is 0 Å². The van der Waals surface area contributed by atoms with Crippen LogP contribution in [0.25, 0.3) is 0 Å². The summed E-state index contributed by atoms with van der Waals surface area (Å²) in [5.74, 6) is 1.82. The Hall–Kier alpha value is -0.370. The summed E-state index contributed by atoms with van der Waals surface area (Å²) in [5.41, 5.74) is 0.206. The second-order valence-electron chi connectivity index (χ2n) is 6.08. The third-order valence-corrected chi connectivity index (χ3v) is 5.67. The fraction of sp³-hybridized carbons (Fsp3) is 0.923. The van der Waals surface area contributed by atoms with Crippen LogP contribution in [0, 0.1) is 17.3 Å². The van der Waals surface area contributed by atoms with E-state index < -0.39 is 0 Å². The van der Waals surface area contributed by atoms with E-state index in [2.05, 4.69) is 20.8 Å². The molecule has 0 aromatic heterocycles. The van der Waals surface area contributed by atoms with E-state index in [9.17, 15) is 4.79 Å². The Morgan fingerprint density at radius 1 is 1.33 bits per heavy atom. The number of hydrogen-bond acceptors (Lipinski definition) is 2. The minimum Gasteiger partial charge on any atom is -0.357 e. The zero-order chi connectivity index (χ0) is 10.8. The topological polar surface area (TPSA) is 29.6 Å². The Kier molecular flexibility index (Phi) is 1.74. The van der Waals surface area contributed by atoms with Gasteiger partial charge in [-0.25, -0.2) is 0 Å². The van der Waals surface area contributed by atoms with Crippen LogP contribution < -0.4 is 0 Å². The van der Waals surface area contributed by atoms with Crippen molar-refractivity contribution in [2.24, 2.45) is 17.3 Å². The number of rotatable bonds is 0. The number of epoxide rings is 1. The van der Waals surface area contributed by atoms with Gasteiger partial charge in [-0.15, -0.1) is 0 Å². The highest BCUT2D eigenvalue weighted by molar-refractivity contribution is 5.88. The minimum atomic E-state index is -0.0474. The molecule has 1 heterocycles. The van der Waals surface area contributed by atoms with Crippen molar-refractivity contribution < 1.29 is 9.53 Å². The largest absolute Gasteiger partial charge is 0.357 e. The fourth-order valence-electron chi connectivity index (χ4n) is 4.07. The average molecular weight is 208 g/mol. The lowest BCUT2D eigenvalue weighted by molar-refractivity contribution is -0.123. The normalized spacial score (nSPS) is 58.3. The summed E-state index contributed by atoms with van der Waals surface area (Å²) >= 11 is 0. The minimum absolute atomic E-state index is 0.0359. The lowest BCUT2D eigenvalue weighted by atomic mass is 9.53. The Morgan fingerprint density at radius 2 is 2.07 bits per heavy atom. The van der Waals surface area contributed by atoms with Crippen LogP contribution in [-0.4, -0.2) is 17.5 Å². The molecule has 2 saturated carbocycles. The molecular formula is C13H20O2. The standard InChI is InChI=1S/C13H20O2/c1-8-4-7-13-11(15-13)10(14)5-6-12(13,3)9(8)2/h8-9,11H,4-7H2,1-3H3. The third-order valence-electron chi connectivity index (χ3n) is 5.67. The molecule has 0 aromatic carbocycles. The number of carbonyl (C=O) groups is 1. The van der Waals surface area contributed by atoms with Crippen LogP contribution in [0.15, 0.2) is 0 Å². The van der Waals surface area contributed by atoms with E-state index in [1.54, 1.807) is 0 Å². The number of Topliss-reactive ketones (excluding diaryl/α,β-unsaturated/α-hetero) is 1. The van der Waals surface area contributed by atoms with Crippen LogP contribution in [0.3, 0.4) is 0 Å². The van der Waals surface area contributed by atoms with Gasteiger partial charge in [-0.1, -0.05) is 20.8 Å². The van der Waals surface area contributed by atoms with Gasteiger partial charge in [0.05, 0.1) is 0 Å². The first-order valence-electron chi connectivity index (χ1n) is 6.22. The highest BCUT2D eigenvalue weighted by Gasteiger charge is 2.73. The van der Waals surface area contributed by atoms with Crippen LogP contribution in [0.2, 0.25) is 0 Å². The van der Waals surface area contributed by atoms with Gasteiger partial charge in [0.2, 0.25) is 0 Å². The van der Waals surface area contributed by atoms with Gasteiger partial charge >= 0.3 is 0 Å². The van der Waals surface area contributed by atoms with Crippen molar-refractivity contribution in [2.75, 3.05) is 0 Å². The van der Waals surface area contributed by atoms with Crippen LogP contribution in [-0.2, 0) is 9.53 Å². The highest BCUT2D eigenvalue weighted by atomic mass is 16.6. The Labute approximate surface area is 91.4 Å². The Bertz CT molecular complexity index is 324. The number of hydrogen-bond donors (Lipinski definition) is 0. The number of carbonyl (C=O) groups excluding carboxylic acids is 1. The highest BCUT2D eigenvalue weighted by Crippen LogP contribution is 2.66. The maximum Gasteiger partial charge on any atom is 0.164 e. The zero-order valence-electron chi connectivity index (χ0n) is 9.88. The second-order valence-corrected chi connectivity index (χ2v) is 6.08. The second kappa shape index (κ2) is 2.65. The smallest absolute Gasteiger partial charge is 0.164 e. The molecule has 3 aliphatic rings. The molecular weight excluding hydrogens is 188 g/mol. The summed E-state index contributed by atoms with van der Waals surface area (Å²) in [7, 11) is 0. The quantitative estimate of drug-likeness (QED) is 0.573. The first-order chi connectivity index (χ1) is 7.01. The Balaban J connectivity index is 1.98. The Morgan fingerprint density at radius 3 is 2.80 bits per heavy atom. The molecule has 1 spiro atoms. The molecule has 84 valence electrons. The van der Waals surface area contributed by atoms with Crippen LogP contribution >= 0.6 is 0 Å². The van der Waals surface area contributed by atoms with Crippen LogP contribution in [0.1, 0.15) is 46.5 Å². The molecule has 0 N–H and O–H groups in total. The SMILES string of the molecule is CC1CCC23OC2C(=O)CCC3(C)C1C. The van der Waals surface area contributed by atoms with Crippen molar-refractivity contribution in [3.63, 3.8) is 0 Å². The van der Waals surface area contributed by atoms with Gasteiger partial charge in [-0.2, -0.15) is 0 Å². The van der Waals surface area contributed by atoms with E-state index in [0.29, 0.717) is 11.7 Å². The molecule has 3 rings (SSSR count). The van der Waals surface area contributed by atoms with Crippen molar-refractivity contribution >= 4 is 5.78 Å². The monoisotopic (exact) mass is 208 g/mol. The van der Waals surface area contributed by atoms with E-state index in [1.807, 2.05) is 0 Å². The van der Waals surface area contributed by atoms with Crippen molar-refractivity contribution in [3.8, 4) is 0 Å². The third kappa shape index (κ3) is 0.968. The van der Waals surface area contributed by atoms with Crippen LogP contribution in [0.4, 0.5) is 0 Å². The molecule has 2 aliphatic carbocycles. The molecule has 3 fully saturated rings. The van der Waals surface area contributed by atoms with Gasteiger partial charge in [0, 0.05) is 11.8 Å². The molecule has 5 atom stereocenters. The molecule has 0 aromatic rings. The van der Waals surface area contributed by atoms with E-state index >= 15 is 0 Å². The summed E-state index contributed by atoms with van der Waals surface area (Å²) in [6, 6.07) is 0. The molecule has 5 unspecified atom stereocenters. The number of ketones is 1. The summed E-state index contributed by atoms with van der Waals surface area (Å²) in [6.07, 6.45) is 4.06. The lowest BCUT2D eigenvalue weighted by Gasteiger charge is -2.50. The van der Waals surface area contributed by atoms with E-state index in [-0.39, 0.29) is 17.1 Å². The molecule has 1 aliphatic heterocycles. The maximum atomic E-state index is 11.7. The number of ether oxygens (including phenoxy) is 1. The maximum absolute atomic E-state index is 11.7.